The van der Waals surface area contributed by atoms with Gasteiger partial charge in [-0.05, 0) is 28.3 Å². The Morgan fingerprint density at radius 1 is 1.00 bits per heavy atom. The van der Waals surface area contributed by atoms with Crippen LogP contribution in [-0.2, 0) is 6.42 Å². The second-order valence-corrected chi connectivity index (χ2v) is 4.10. The van der Waals surface area contributed by atoms with Gasteiger partial charge < -0.3 is 0 Å². The van der Waals surface area contributed by atoms with Crippen LogP contribution in [0, 0.1) is 5.82 Å². The SMILES string of the molecule is Fc1ccc2c(c1Cl)Cc1ccccc1-2. The molecule has 0 spiro atoms. The minimum atomic E-state index is -0.330. The number of rotatable bonds is 0. The van der Waals surface area contributed by atoms with Gasteiger partial charge in [0.2, 0.25) is 0 Å². The maximum absolute atomic E-state index is 13.3. The number of hydrogen-bond acceptors (Lipinski definition) is 0. The van der Waals surface area contributed by atoms with Crippen molar-refractivity contribution in [2.45, 2.75) is 6.42 Å². The van der Waals surface area contributed by atoms with Crippen molar-refractivity contribution >= 4 is 11.6 Å². The smallest absolute Gasteiger partial charge is 0.142 e. The lowest BCUT2D eigenvalue weighted by Crippen LogP contribution is -1.86. The molecular weight excluding hydrogens is 211 g/mol. The summed E-state index contributed by atoms with van der Waals surface area (Å²) in [5, 5.41) is 0.267. The van der Waals surface area contributed by atoms with Crippen LogP contribution < -0.4 is 0 Å². The summed E-state index contributed by atoms with van der Waals surface area (Å²) in [5.41, 5.74) is 4.38. The van der Waals surface area contributed by atoms with E-state index in [1.54, 1.807) is 0 Å². The van der Waals surface area contributed by atoms with E-state index in [2.05, 4.69) is 12.1 Å². The highest BCUT2D eigenvalue weighted by molar-refractivity contribution is 6.32. The van der Waals surface area contributed by atoms with Crippen LogP contribution in [-0.4, -0.2) is 0 Å². The van der Waals surface area contributed by atoms with Crippen LogP contribution in [0.4, 0.5) is 4.39 Å². The van der Waals surface area contributed by atoms with Gasteiger partial charge >= 0.3 is 0 Å². The van der Waals surface area contributed by atoms with Crippen LogP contribution in [0.1, 0.15) is 11.1 Å². The van der Waals surface area contributed by atoms with Crippen molar-refractivity contribution in [1.29, 1.82) is 0 Å². The standard InChI is InChI=1S/C13H8ClF/c14-13-11-7-8-3-1-2-4-9(8)10(11)5-6-12(13)15/h1-6H,7H2. The summed E-state index contributed by atoms with van der Waals surface area (Å²) in [5.74, 6) is -0.330. The van der Waals surface area contributed by atoms with Gasteiger partial charge in [0.25, 0.3) is 0 Å². The van der Waals surface area contributed by atoms with Crippen molar-refractivity contribution in [3.05, 3.63) is 58.4 Å². The predicted octanol–water partition coefficient (Wildman–Crippen LogP) is 4.05. The summed E-state index contributed by atoms with van der Waals surface area (Å²) in [6, 6.07) is 11.3. The zero-order valence-corrected chi connectivity index (χ0v) is 8.68. The van der Waals surface area contributed by atoms with Crippen LogP contribution in [0.3, 0.4) is 0 Å². The van der Waals surface area contributed by atoms with Gasteiger partial charge in [-0.1, -0.05) is 41.9 Å². The molecule has 0 bridgehead atoms. The largest absolute Gasteiger partial charge is 0.205 e. The maximum atomic E-state index is 13.3. The van der Waals surface area contributed by atoms with Crippen LogP contribution in [0.15, 0.2) is 36.4 Å². The Morgan fingerprint density at radius 3 is 2.67 bits per heavy atom. The first kappa shape index (κ1) is 8.93. The van der Waals surface area contributed by atoms with Gasteiger partial charge in [-0.3, -0.25) is 0 Å². The molecule has 0 aliphatic heterocycles. The third kappa shape index (κ3) is 1.20. The lowest BCUT2D eigenvalue weighted by atomic mass is 10.1. The molecule has 0 fully saturated rings. The fraction of sp³-hybridized carbons (Fsp3) is 0.0769. The summed E-state index contributed by atoms with van der Waals surface area (Å²) in [7, 11) is 0. The van der Waals surface area contributed by atoms with Gasteiger partial charge in [-0.2, -0.15) is 0 Å². The lowest BCUT2D eigenvalue weighted by molar-refractivity contribution is 0.627. The lowest BCUT2D eigenvalue weighted by Gasteiger charge is -2.02. The van der Waals surface area contributed by atoms with Gasteiger partial charge in [0.05, 0.1) is 5.02 Å². The van der Waals surface area contributed by atoms with Crippen molar-refractivity contribution in [2.24, 2.45) is 0 Å². The second-order valence-electron chi connectivity index (χ2n) is 3.72. The van der Waals surface area contributed by atoms with E-state index in [0.717, 1.165) is 17.5 Å². The number of benzene rings is 2. The minimum Gasteiger partial charge on any atom is -0.205 e. The van der Waals surface area contributed by atoms with Crippen LogP contribution in [0.2, 0.25) is 5.02 Å². The van der Waals surface area contributed by atoms with Crippen molar-refractivity contribution in [1.82, 2.24) is 0 Å². The Kier molecular flexibility index (Phi) is 1.83. The summed E-state index contributed by atoms with van der Waals surface area (Å²) in [6.07, 6.45) is 0.738. The van der Waals surface area contributed by atoms with Gasteiger partial charge in [-0.25, -0.2) is 4.39 Å². The number of fused-ring (bicyclic) bond motifs is 3. The third-order valence-electron chi connectivity index (χ3n) is 2.87. The molecule has 0 radical (unpaired) electrons. The Balaban J connectivity index is 2.31. The van der Waals surface area contributed by atoms with Crippen LogP contribution in [0.5, 0.6) is 0 Å². The highest BCUT2D eigenvalue weighted by Crippen LogP contribution is 2.40. The first-order valence-corrected chi connectivity index (χ1v) is 5.20. The van der Waals surface area contributed by atoms with Gasteiger partial charge in [0.1, 0.15) is 5.82 Å². The molecule has 1 aliphatic carbocycles. The van der Waals surface area contributed by atoms with Crippen molar-refractivity contribution in [2.75, 3.05) is 0 Å². The van der Waals surface area contributed by atoms with E-state index in [9.17, 15) is 4.39 Å². The zero-order chi connectivity index (χ0) is 10.4. The average Bonchev–Trinajstić information content (AvgIpc) is 2.63. The van der Waals surface area contributed by atoms with E-state index in [1.165, 1.54) is 17.2 Å². The van der Waals surface area contributed by atoms with Gasteiger partial charge in [-0.15, -0.1) is 0 Å². The molecule has 0 atom stereocenters. The van der Waals surface area contributed by atoms with E-state index in [1.807, 2.05) is 18.2 Å². The number of halogens is 2. The van der Waals surface area contributed by atoms with Crippen LogP contribution in [0.25, 0.3) is 11.1 Å². The molecule has 1 aliphatic rings. The highest BCUT2D eigenvalue weighted by atomic mass is 35.5. The zero-order valence-electron chi connectivity index (χ0n) is 7.93. The maximum Gasteiger partial charge on any atom is 0.142 e. The first-order chi connectivity index (χ1) is 7.27. The molecule has 3 rings (SSSR count). The second kappa shape index (κ2) is 3.07. The molecular formula is C13H8ClF. The predicted molar refractivity (Wildman–Crippen MR) is 59.7 cm³/mol. The van der Waals surface area contributed by atoms with Crippen LogP contribution >= 0.6 is 11.6 Å². The van der Waals surface area contributed by atoms with E-state index in [0.29, 0.717) is 0 Å². The van der Waals surface area contributed by atoms with E-state index < -0.39 is 0 Å². The Bertz CT molecular complexity index is 546. The highest BCUT2D eigenvalue weighted by Gasteiger charge is 2.21. The molecule has 0 unspecified atom stereocenters. The quantitative estimate of drug-likeness (QED) is 0.534. The summed E-state index contributed by atoms with van der Waals surface area (Å²) < 4.78 is 13.3. The van der Waals surface area contributed by atoms with Gasteiger partial charge in [0, 0.05) is 6.42 Å². The molecule has 74 valence electrons. The summed E-state index contributed by atoms with van der Waals surface area (Å²) in [4.78, 5) is 0. The fourth-order valence-corrected chi connectivity index (χ4v) is 2.38. The summed E-state index contributed by atoms with van der Waals surface area (Å²) in [6.45, 7) is 0. The molecule has 0 nitrogen and oxygen atoms in total. The van der Waals surface area contributed by atoms with E-state index in [4.69, 9.17) is 11.6 Å². The molecule has 15 heavy (non-hydrogen) atoms. The Morgan fingerprint density at radius 2 is 1.80 bits per heavy atom. The molecule has 2 aromatic carbocycles. The first-order valence-electron chi connectivity index (χ1n) is 4.82. The van der Waals surface area contributed by atoms with Crippen molar-refractivity contribution in [3.8, 4) is 11.1 Å². The molecule has 2 heteroatoms. The monoisotopic (exact) mass is 218 g/mol. The molecule has 2 aromatic rings. The average molecular weight is 219 g/mol. The third-order valence-corrected chi connectivity index (χ3v) is 3.28. The normalized spacial score (nSPS) is 12.4. The number of hydrogen-bond donors (Lipinski definition) is 0. The molecule has 0 heterocycles. The molecule has 0 aromatic heterocycles. The topological polar surface area (TPSA) is 0 Å². The fourth-order valence-electron chi connectivity index (χ4n) is 2.15. The Labute approximate surface area is 92.3 Å². The summed E-state index contributed by atoms with van der Waals surface area (Å²) >= 11 is 5.95. The molecule has 0 saturated heterocycles. The van der Waals surface area contributed by atoms with Gasteiger partial charge in [0.15, 0.2) is 0 Å². The van der Waals surface area contributed by atoms with E-state index >= 15 is 0 Å². The molecule has 0 amide bonds. The van der Waals surface area contributed by atoms with E-state index in [-0.39, 0.29) is 10.8 Å². The van der Waals surface area contributed by atoms with Crippen molar-refractivity contribution in [3.63, 3.8) is 0 Å². The molecule has 0 N–H and O–H groups in total. The minimum absolute atomic E-state index is 0.267. The van der Waals surface area contributed by atoms with Crippen molar-refractivity contribution < 1.29 is 4.39 Å². The molecule has 0 saturated carbocycles. The Hall–Kier alpha value is -1.34.